The van der Waals surface area contributed by atoms with Crippen LogP contribution in [0.5, 0.6) is 5.75 Å². The Morgan fingerprint density at radius 1 is 1.32 bits per heavy atom. The molecule has 0 radical (unpaired) electrons. The van der Waals surface area contributed by atoms with Crippen molar-refractivity contribution in [3.8, 4) is 5.75 Å². The van der Waals surface area contributed by atoms with Gasteiger partial charge in [-0.1, -0.05) is 22.9 Å². The summed E-state index contributed by atoms with van der Waals surface area (Å²) in [6, 6.07) is 6.71. The molecule has 0 saturated carbocycles. The van der Waals surface area contributed by atoms with Crippen LogP contribution >= 0.6 is 15.9 Å². The van der Waals surface area contributed by atoms with Crippen molar-refractivity contribution >= 4 is 15.9 Å². The fourth-order valence-electron chi connectivity index (χ4n) is 1.82. The van der Waals surface area contributed by atoms with Crippen molar-refractivity contribution in [3.05, 3.63) is 47.0 Å². The van der Waals surface area contributed by atoms with E-state index < -0.39 is 0 Å². The summed E-state index contributed by atoms with van der Waals surface area (Å²) in [5, 5.41) is 4.95. The van der Waals surface area contributed by atoms with Crippen molar-refractivity contribution in [1.29, 1.82) is 0 Å². The molecule has 3 nitrogen and oxygen atoms in total. The molecular weight excluding hydrogens is 311 g/mol. The van der Waals surface area contributed by atoms with Gasteiger partial charge in [0.05, 0.1) is 11.4 Å². The average Bonchev–Trinajstić information content (AvgIpc) is 2.76. The van der Waals surface area contributed by atoms with E-state index in [-0.39, 0.29) is 5.82 Å². The van der Waals surface area contributed by atoms with E-state index in [1.54, 1.807) is 4.68 Å². The number of hydrogen-bond acceptors (Lipinski definition) is 2. The van der Waals surface area contributed by atoms with Gasteiger partial charge in [-0.25, -0.2) is 4.39 Å². The standard InChI is InChI=1S/C14H16BrFN2O/c1-3-12-7-13(18(2)17-12)9-19-14-5-10(8-15)4-11(16)6-14/h4-7H,3,8-9H2,1-2H3. The lowest BCUT2D eigenvalue weighted by atomic mass is 10.2. The number of nitrogens with zero attached hydrogens (tertiary/aromatic N) is 2. The summed E-state index contributed by atoms with van der Waals surface area (Å²) in [5.41, 5.74) is 2.86. The molecule has 2 rings (SSSR count). The Kier molecular flexibility index (Phi) is 4.58. The zero-order valence-corrected chi connectivity index (χ0v) is 12.6. The third kappa shape index (κ3) is 3.56. The predicted octanol–water partition coefficient (Wildman–Crippen LogP) is 3.60. The van der Waals surface area contributed by atoms with Crippen molar-refractivity contribution < 1.29 is 9.13 Å². The van der Waals surface area contributed by atoms with Gasteiger partial charge >= 0.3 is 0 Å². The number of alkyl halides is 1. The van der Waals surface area contributed by atoms with Gasteiger partial charge in [0.15, 0.2) is 0 Å². The second kappa shape index (κ2) is 6.19. The van der Waals surface area contributed by atoms with Crippen molar-refractivity contribution in [2.75, 3.05) is 0 Å². The van der Waals surface area contributed by atoms with E-state index in [1.165, 1.54) is 12.1 Å². The SMILES string of the molecule is CCc1cc(COc2cc(F)cc(CBr)c2)n(C)n1. The minimum absolute atomic E-state index is 0.286. The lowest BCUT2D eigenvalue weighted by molar-refractivity contribution is 0.293. The smallest absolute Gasteiger partial charge is 0.130 e. The zero-order valence-electron chi connectivity index (χ0n) is 11.0. The fraction of sp³-hybridized carbons (Fsp3) is 0.357. The van der Waals surface area contributed by atoms with Crippen LogP contribution in [0.25, 0.3) is 0 Å². The van der Waals surface area contributed by atoms with Gasteiger partial charge in [-0.15, -0.1) is 0 Å². The highest BCUT2D eigenvalue weighted by Gasteiger charge is 2.06. The Morgan fingerprint density at radius 3 is 2.74 bits per heavy atom. The van der Waals surface area contributed by atoms with E-state index in [1.807, 2.05) is 19.2 Å². The second-order valence-corrected chi connectivity index (χ2v) is 4.88. The zero-order chi connectivity index (χ0) is 13.8. The minimum Gasteiger partial charge on any atom is -0.487 e. The maximum Gasteiger partial charge on any atom is 0.130 e. The molecule has 0 aliphatic carbocycles. The average molecular weight is 327 g/mol. The highest BCUT2D eigenvalue weighted by Crippen LogP contribution is 2.19. The molecule has 5 heteroatoms. The van der Waals surface area contributed by atoms with E-state index in [2.05, 4.69) is 28.0 Å². The number of hydrogen-bond donors (Lipinski definition) is 0. The largest absolute Gasteiger partial charge is 0.487 e. The van der Waals surface area contributed by atoms with Gasteiger partial charge in [-0.3, -0.25) is 4.68 Å². The minimum atomic E-state index is -0.286. The number of ether oxygens (including phenoxy) is 1. The van der Waals surface area contributed by atoms with Crippen molar-refractivity contribution in [2.45, 2.75) is 25.3 Å². The number of benzene rings is 1. The molecule has 0 fully saturated rings. The Morgan fingerprint density at radius 2 is 2.11 bits per heavy atom. The van der Waals surface area contributed by atoms with Crippen LogP contribution in [0.4, 0.5) is 4.39 Å². The monoisotopic (exact) mass is 326 g/mol. The van der Waals surface area contributed by atoms with Crippen LogP contribution in [-0.2, 0) is 25.4 Å². The predicted molar refractivity (Wildman–Crippen MR) is 75.9 cm³/mol. The topological polar surface area (TPSA) is 27.1 Å². The van der Waals surface area contributed by atoms with Crippen molar-refractivity contribution in [1.82, 2.24) is 9.78 Å². The fourth-order valence-corrected chi connectivity index (χ4v) is 2.14. The van der Waals surface area contributed by atoms with E-state index in [9.17, 15) is 4.39 Å². The lowest BCUT2D eigenvalue weighted by Gasteiger charge is -2.08. The van der Waals surface area contributed by atoms with Gasteiger partial charge in [-0.05, 0) is 30.2 Å². The van der Waals surface area contributed by atoms with Crippen LogP contribution in [0.3, 0.4) is 0 Å². The molecular formula is C14H16BrFN2O. The van der Waals surface area contributed by atoms with Crippen molar-refractivity contribution in [2.24, 2.45) is 7.05 Å². The lowest BCUT2D eigenvalue weighted by Crippen LogP contribution is -2.03. The summed E-state index contributed by atoms with van der Waals surface area (Å²) in [6.45, 7) is 2.44. The van der Waals surface area contributed by atoms with Gasteiger partial charge in [0.1, 0.15) is 18.2 Å². The first-order chi connectivity index (χ1) is 9.12. The van der Waals surface area contributed by atoms with Gasteiger partial charge in [0.2, 0.25) is 0 Å². The normalized spacial score (nSPS) is 10.7. The third-order valence-corrected chi connectivity index (χ3v) is 3.51. The molecule has 0 amide bonds. The van der Waals surface area contributed by atoms with E-state index >= 15 is 0 Å². The number of aryl methyl sites for hydroxylation is 2. The van der Waals surface area contributed by atoms with Crippen LogP contribution in [0, 0.1) is 5.82 Å². The Hall–Kier alpha value is -1.36. The van der Waals surface area contributed by atoms with E-state index in [4.69, 9.17) is 4.74 Å². The molecule has 2 aromatic rings. The van der Waals surface area contributed by atoms with Gasteiger partial charge in [-0.2, -0.15) is 5.10 Å². The molecule has 0 N–H and O–H groups in total. The highest BCUT2D eigenvalue weighted by atomic mass is 79.9. The Bertz CT molecular complexity index is 569. The molecule has 1 aromatic heterocycles. The molecule has 0 spiro atoms. The van der Waals surface area contributed by atoms with Crippen LogP contribution < -0.4 is 4.74 Å². The van der Waals surface area contributed by atoms with Crippen LogP contribution in [0.1, 0.15) is 23.9 Å². The molecule has 0 saturated heterocycles. The maximum absolute atomic E-state index is 13.4. The molecule has 0 aliphatic rings. The molecule has 0 atom stereocenters. The summed E-state index contributed by atoms with van der Waals surface area (Å²) in [4.78, 5) is 0. The van der Waals surface area contributed by atoms with Crippen LogP contribution in [-0.4, -0.2) is 9.78 Å². The summed E-state index contributed by atoms with van der Waals surface area (Å²) >= 11 is 3.31. The van der Waals surface area contributed by atoms with E-state index in [0.29, 0.717) is 17.7 Å². The second-order valence-electron chi connectivity index (χ2n) is 4.32. The van der Waals surface area contributed by atoms with Crippen LogP contribution in [0.2, 0.25) is 0 Å². The van der Waals surface area contributed by atoms with Gasteiger partial charge in [0, 0.05) is 18.4 Å². The van der Waals surface area contributed by atoms with Crippen molar-refractivity contribution in [3.63, 3.8) is 0 Å². The molecule has 0 bridgehead atoms. The molecule has 19 heavy (non-hydrogen) atoms. The summed E-state index contributed by atoms with van der Waals surface area (Å²) in [7, 11) is 1.88. The molecule has 102 valence electrons. The Balaban J connectivity index is 2.09. The van der Waals surface area contributed by atoms with Gasteiger partial charge in [0.25, 0.3) is 0 Å². The number of aromatic nitrogens is 2. The Labute approximate surface area is 120 Å². The molecule has 0 aliphatic heterocycles. The maximum atomic E-state index is 13.4. The first-order valence-corrected chi connectivity index (χ1v) is 7.24. The molecule has 1 heterocycles. The first kappa shape index (κ1) is 14.1. The molecule has 0 unspecified atom stereocenters. The molecule has 1 aromatic carbocycles. The quantitative estimate of drug-likeness (QED) is 0.785. The highest BCUT2D eigenvalue weighted by molar-refractivity contribution is 9.08. The third-order valence-electron chi connectivity index (χ3n) is 2.86. The number of halogens is 2. The first-order valence-electron chi connectivity index (χ1n) is 6.12. The van der Waals surface area contributed by atoms with E-state index in [0.717, 1.165) is 23.4 Å². The summed E-state index contributed by atoms with van der Waals surface area (Å²) < 4.78 is 20.8. The summed E-state index contributed by atoms with van der Waals surface area (Å²) in [5.74, 6) is 0.250. The van der Waals surface area contributed by atoms with Gasteiger partial charge < -0.3 is 4.74 Å². The number of rotatable bonds is 5. The van der Waals surface area contributed by atoms with Crippen LogP contribution in [0.15, 0.2) is 24.3 Å². The summed E-state index contributed by atoms with van der Waals surface area (Å²) in [6.07, 6.45) is 0.890.